The maximum absolute atomic E-state index is 13.0. The van der Waals surface area contributed by atoms with Crippen LogP contribution in [0, 0.1) is 29.5 Å². The van der Waals surface area contributed by atoms with E-state index in [2.05, 4.69) is 11.4 Å². The molecule has 2 rings (SSSR count). The molecule has 3 heteroatoms. The molecule has 84 valence electrons. The molecule has 0 aromatic heterocycles. The van der Waals surface area contributed by atoms with Crippen LogP contribution in [-0.4, -0.2) is 6.54 Å². The van der Waals surface area contributed by atoms with Gasteiger partial charge in [-0.1, -0.05) is 6.42 Å². The summed E-state index contributed by atoms with van der Waals surface area (Å²) >= 11 is 0. The average molecular weight is 218 g/mol. The summed E-state index contributed by atoms with van der Waals surface area (Å²) in [4.78, 5) is 0. The Bertz CT molecular complexity index is 430. The van der Waals surface area contributed by atoms with Crippen molar-refractivity contribution in [2.45, 2.75) is 26.2 Å². The fourth-order valence-electron chi connectivity index (χ4n) is 1.96. The maximum atomic E-state index is 13.0. The number of hydrogen-bond donors (Lipinski definition) is 1. The van der Waals surface area contributed by atoms with E-state index in [0.29, 0.717) is 12.1 Å². The standard InChI is InChI=1S/C13H15FN2/c1-10-7-11(3-4-12(10)14)16-9-13(8-15)5-2-6-13/h3-4,7,16H,2,5-6,9H2,1H3. The molecular formula is C13H15FN2. The zero-order chi connectivity index (χ0) is 11.6. The molecule has 1 aliphatic rings. The van der Waals surface area contributed by atoms with Crippen molar-refractivity contribution in [2.24, 2.45) is 5.41 Å². The van der Waals surface area contributed by atoms with Gasteiger partial charge in [0.2, 0.25) is 0 Å². The van der Waals surface area contributed by atoms with Crippen LogP contribution in [0.4, 0.5) is 10.1 Å². The lowest BCUT2D eigenvalue weighted by Crippen LogP contribution is -2.35. The molecule has 0 unspecified atom stereocenters. The van der Waals surface area contributed by atoms with Gasteiger partial charge >= 0.3 is 0 Å². The summed E-state index contributed by atoms with van der Waals surface area (Å²) in [6.07, 6.45) is 3.07. The number of benzene rings is 1. The van der Waals surface area contributed by atoms with Crippen molar-refractivity contribution in [1.82, 2.24) is 0 Å². The first-order chi connectivity index (χ1) is 7.65. The number of hydrogen-bond acceptors (Lipinski definition) is 2. The van der Waals surface area contributed by atoms with E-state index >= 15 is 0 Å². The zero-order valence-electron chi connectivity index (χ0n) is 9.39. The van der Waals surface area contributed by atoms with Crippen LogP contribution >= 0.6 is 0 Å². The topological polar surface area (TPSA) is 35.8 Å². The highest BCUT2D eigenvalue weighted by Crippen LogP contribution is 2.40. The monoisotopic (exact) mass is 218 g/mol. The lowest BCUT2D eigenvalue weighted by molar-refractivity contribution is 0.233. The highest BCUT2D eigenvalue weighted by molar-refractivity contribution is 5.46. The number of aryl methyl sites for hydroxylation is 1. The summed E-state index contributed by atoms with van der Waals surface area (Å²) in [7, 11) is 0. The van der Waals surface area contributed by atoms with E-state index < -0.39 is 0 Å². The minimum atomic E-state index is -0.192. The quantitative estimate of drug-likeness (QED) is 0.845. The molecule has 16 heavy (non-hydrogen) atoms. The Kier molecular flexibility index (Phi) is 2.82. The van der Waals surface area contributed by atoms with Crippen LogP contribution in [-0.2, 0) is 0 Å². The van der Waals surface area contributed by atoms with Gasteiger partial charge in [-0.25, -0.2) is 4.39 Å². The number of rotatable bonds is 3. The molecule has 0 spiro atoms. The fourth-order valence-corrected chi connectivity index (χ4v) is 1.96. The Morgan fingerprint density at radius 1 is 1.50 bits per heavy atom. The largest absolute Gasteiger partial charge is 0.383 e. The van der Waals surface area contributed by atoms with Crippen LogP contribution in [0.15, 0.2) is 18.2 Å². The summed E-state index contributed by atoms with van der Waals surface area (Å²) in [6.45, 7) is 2.40. The second-order valence-electron chi connectivity index (χ2n) is 4.56. The lowest BCUT2D eigenvalue weighted by Gasteiger charge is -2.35. The number of nitrogens with one attached hydrogen (secondary N) is 1. The van der Waals surface area contributed by atoms with Crippen molar-refractivity contribution in [1.29, 1.82) is 5.26 Å². The molecule has 1 N–H and O–H groups in total. The van der Waals surface area contributed by atoms with Gasteiger partial charge in [0.1, 0.15) is 5.82 Å². The minimum Gasteiger partial charge on any atom is -0.383 e. The van der Waals surface area contributed by atoms with Crippen LogP contribution in [0.5, 0.6) is 0 Å². The van der Waals surface area contributed by atoms with Crippen LogP contribution in [0.3, 0.4) is 0 Å². The van der Waals surface area contributed by atoms with Crippen LogP contribution < -0.4 is 5.32 Å². The molecule has 2 nitrogen and oxygen atoms in total. The normalized spacial score (nSPS) is 17.3. The van der Waals surface area contributed by atoms with Crippen molar-refractivity contribution in [3.8, 4) is 6.07 Å². The second kappa shape index (κ2) is 4.13. The number of nitriles is 1. The first-order valence-electron chi connectivity index (χ1n) is 5.56. The second-order valence-corrected chi connectivity index (χ2v) is 4.56. The van der Waals surface area contributed by atoms with Crippen molar-refractivity contribution < 1.29 is 4.39 Å². The molecule has 1 aromatic carbocycles. The van der Waals surface area contributed by atoms with Gasteiger partial charge in [-0.05, 0) is 43.5 Å². The molecule has 1 fully saturated rings. The van der Waals surface area contributed by atoms with Gasteiger partial charge in [-0.3, -0.25) is 0 Å². The molecular weight excluding hydrogens is 203 g/mol. The van der Waals surface area contributed by atoms with Crippen LogP contribution in [0.1, 0.15) is 24.8 Å². The SMILES string of the molecule is Cc1cc(NCC2(C#N)CCC2)ccc1F. The van der Waals surface area contributed by atoms with Crippen LogP contribution in [0.2, 0.25) is 0 Å². The predicted molar refractivity (Wildman–Crippen MR) is 61.5 cm³/mol. The predicted octanol–water partition coefficient (Wildman–Crippen LogP) is 3.24. The van der Waals surface area contributed by atoms with Gasteiger partial charge in [0.25, 0.3) is 0 Å². The number of anilines is 1. The summed E-state index contributed by atoms with van der Waals surface area (Å²) in [5, 5.41) is 12.3. The molecule has 0 radical (unpaired) electrons. The minimum absolute atomic E-state index is 0.191. The highest BCUT2D eigenvalue weighted by Gasteiger charge is 2.36. The molecule has 0 saturated heterocycles. The van der Waals surface area contributed by atoms with Gasteiger partial charge in [-0.2, -0.15) is 5.26 Å². The number of halogens is 1. The molecule has 0 amide bonds. The van der Waals surface area contributed by atoms with E-state index in [9.17, 15) is 4.39 Å². The van der Waals surface area contributed by atoms with Crippen molar-refractivity contribution >= 4 is 5.69 Å². The third-order valence-electron chi connectivity index (χ3n) is 3.34. The van der Waals surface area contributed by atoms with E-state index in [1.807, 2.05) is 0 Å². The highest BCUT2D eigenvalue weighted by atomic mass is 19.1. The third-order valence-corrected chi connectivity index (χ3v) is 3.34. The Labute approximate surface area is 95.1 Å². The molecule has 0 aliphatic heterocycles. The van der Waals surface area contributed by atoms with E-state index in [4.69, 9.17) is 5.26 Å². The van der Waals surface area contributed by atoms with Gasteiger partial charge in [0, 0.05) is 12.2 Å². The molecule has 0 heterocycles. The Balaban J connectivity index is 2.00. The molecule has 1 aromatic rings. The van der Waals surface area contributed by atoms with Gasteiger partial charge in [-0.15, -0.1) is 0 Å². The van der Waals surface area contributed by atoms with Crippen molar-refractivity contribution in [2.75, 3.05) is 11.9 Å². The third kappa shape index (κ3) is 2.01. The molecule has 1 saturated carbocycles. The fraction of sp³-hybridized carbons (Fsp3) is 0.462. The smallest absolute Gasteiger partial charge is 0.126 e. The van der Waals surface area contributed by atoms with Crippen molar-refractivity contribution in [3.05, 3.63) is 29.6 Å². The molecule has 0 atom stereocenters. The van der Waals surface area contributed by atoms with Gasteiger partial charge < -0.3 is 5.32 Å². The van der Waals surface area contributed by atoms with E-state index in [1.165, 1.54) is 6.07 Å². The number of nitrogens with zero attached hydrogens (tertiary/aromatic N) is 1. The first kappa shape index (κ1) is 10.9. The first-order valence-corrected chi connectivity index (χ1v) is 5.56. The summed E-state index contributed by atoms with van der Waals surface area (Å²) < 4.78 is 13.0. The van der Waals surface area contributed by atoms with E-state index in [1.54, 1.807) is 19.1 Å². The summed E-state index contributed by atoms with van der Waals surface area (Å²) in [6, 6.07) is 7.32. The lowest BCUT2D eigenvalue weighted by atomic mass is 9.70. The Morgan fingerprint density at radius 3 is 2.75 bits per heavy atom. The van der Waals surface area contributed by atoms with E-state index in [0.717, 1.165) is 24.9 Å². The Hall–Kier alpha value is -1.56. The molecule has 0 bridgehead atoms. The average Bonchev–Trinajstić information content (AvgIpc) is 2.22. The zero-order valence-corrected chi connectivity index (χ0v) is 9.39. The summed E-state index contributed by atoms with van der Waals surface area (Å²) in [5.41, 5.74) is 1.33. The van der Waals surface area contributed by atoms with Crippen molar-refractivity contribution in [3.63, 3.8) is 0 Å². The van der Waals surface area contributed by atoms with Gasteiger partial charge in [0.05, 0.1) is 11.5 Å². The maximum Gasteiger partial charge on any atom is 0.126 e. The summed E-state index contributed by atoms with van der Waals surface area (Å²) in [5.74, 6) is -0.191. The van der Waals surface area contributed by atoms with Gasteiger partial charge in [0.15, 0.2) is 0 Å². The van der Waals surface area contributed by atoms with Crippen LogP contribution in [0.25, 0.3) is 0 Å². The Morgan fingerprint density at radius 2 is 2.25 bits per heavy atom. The van der Waals surface area contributed by atoms with E-state index in [-0.39, 0.29) is 11.2 Å². The molecule has 1 aliphatic carbocycles.